The largest absolute Gasteiger partial charge is 0.449 e. The number of hydrogen-bond donors (Lipinski definition) is 2. The minimum absolute atomic E-state index is 0.131. The third kappa shape index (κ3) is 5.82. The first-order valence-corrected chi connectivity index (χ1v) is 9.54. The fraction of sp³-hybridized carbons (Fsp3) is 0.125. The molecular formula is C16H16N2O5S2. The van der Waals surface area contributed by atoms with E-state index in [0.717, 1.165) is 4.88 Å². The molecule has 25 heavy (non-hydrogen) atoms. The summed E-state index contributed by atoms with van der Waals surface area (Å²) in [5.74, 6) is -1.25. The van der Waals surface area contributed by atoms with E-state index in [-0.39, 0.29) is 10.6 Å². The third-order valence-corrected chi connectivity index (χ3v) is 4.77. The Bertz CT molecular complexity index is 889. The molecule has 0 saturated carbocycles. The normalized spacial score (nSPS) is 12.7. The molecule has 0 unspecified atom stereocenters. The van der Waals surface area contributed by atoms with Crippen LogP contribution in [-0.2, 0) is 24.3 Å². The Balaban J connectivity index is 1.95. The molecule has 0 aliphatic carbocycles. The van der Waals surface area contributed by atoms with E-state index in [1.807, 2.05) is 17.5 Å². The molecule has 0 saturated heterocycles. The zero-order valence-corrected chi connectivity index (χ0v) is 14.8. The average molecular weight is 380 g/mol. The van der Waals surface area contributed by atoms with Crippen molar-refractivity contribution >= 4 is 45.0 Å². The van der Waals surface area contributed by atoms with Gasteiger partial charge in [0.2, 0.25) is 10.0 Å². The lowest BCUT2D eigenvalue weighted by atomic mass is 10.3. The maximum absolute atomic E-state index is 12.1. The average Bonchev–Trinajstić information content (AvgIpc) is 3.05. The summed E-state index contributed by atoms with van der Waals surface area (Å²) in [5.41, 5.74) is 0.230. The molecule has 9 heteroatoms. The van der Waals surface area contributed by atoms with Crippen LogP contribution in [-0.4, -0.2) is 26.4 Å². The number of sulfonamides is 1. The quantitative estimate of drug-likeness (QED) is 0.587. The number of esters is 1. The summed E-state index contributed by atoms with van der Waals surface area (Å²) >= 11 is 1.46. The van der Waals surface area contributed by atoms with Crippen LogP contribution in [0.2, 0.25) is 0 Å². The number of nitrogens with one attached hydrogen (secondary N) is 1. The summed E-state index contributed by atoms with van der Waals surface area (Å²) in [4.78, 5) is 24.5. The molecule has 2 aromatic rings. The number of nitrogens with two attached hydrogens (primary N) is 1. The van der Waals surface area contributed by atoms with Gasteiger partial charge < -0.3 is 10.1 Å². The lowest BCUT2D eigenvalue weighted by molar-refractivity contribution is -0.148. The van der Waals surface area contributed by atoms with E-state index in [2.05, 4.69) is 5.32 Å². The van der Waals surface area contributed by atoms with Gasteiger partial charge >= 0.3 is 5.97 Å². The number of amides is 1. The smallest absolute Gasteiger partial charge is 0.331 e. The molecule has 0 aliphatic rings. The van der Waals surface area contributed by atoms with Gasteiger partial charge in [0, 0.05) is 16.6 Å². The molecule has 1 aromatic heterocycles. The molecule has 0 fully saturated rings. The van der Waals surface area contributed by atoms with Gasteiger partial charge in [-0.25, -0.2) is 18.4 Å². The molecule has 1 heterocycles. The number of carbonyl (C=O) groups is 2. The van der Waals surface area contributed by atoms with Crippen LogP contribution in [0.5, 0.6) is 0 Å². The van der Waals surface area contributed by atoms with Gasteiger partial charge in [0.05, 0.1) is 4.90 Å². The van der Waals surface area contributed by atoms with E-state index >= 15 is 0 Å². The fourth-order valence-electron chi connectivity index (χ4n) is 1.80. The van der Waals surface area contributed by atoms with Crippen molar-refractivity contribution in [3.05, 3.63) is 52.7 Å². The summed E-state index contributed by atoms with van der Waals surface area (Å²) in [7, 11) is -3.87. The second-order valence-electron chi connectivity index (χ2n) is 4.99. The van der Waals surface area contributed by atoms with E-state index in [1.165, 1.54) is 48.6 Å². The van der Waals surface area contributed by atoms with Gasteiger partial charge in [-0.05, 0) is 42.6 Å². The number of anilines is 1. The fourth-order valence-corrected chi connectivity index (χ4v) is 2.98. The zero-order valence-electron chi connectivity index (χ0n) is 13.2. The lowest BCUT2D eigenvalue weighted by Gasteiger charge is -2.12. The molecular weight excluding hydrogens is 364 g/mol. The van der Waals surface area contributed by atoms with Crippen molar-refractivity contribution in [2.75, 3.05) is 5.32 Å². The topological polar surface area (TPSA) is 116 Å². The molecule has 0 bridgehead atoms. The highest BCUT2D eigenvalue weighted by Gasteiger charge is 2.17. The Morgan fingerprint density at radius 2 is 2.04 bits per heavy atom. The van der Waals surface area contributed by atoms with Crippen LogP contribution in [0.25, 0.3) is 6.08 Å². The number of primary sulfonamides is 1. The molecule has 0 radical (unpaired) electrons. The standard InChI is InChI=1S/C16H16N2O5S2/c1-11(23-15(19)8-7-13-5-3-9-24-13)16(20)18-12-4-2-6-14(10-12)25(17,21)22/h2-11H,1H3,(H,18,20)(H2,17,21,22)/b8-7+/t11-/m1/s1. The third-order valence-electron chi connectivity index (χ3n) is 3.02. The summed E-state index contributed by atoms with van der Waals surface area (Å²) in [5, 5.41) is 9.38. The van der Waals surface area contributed by atoms with Crippen LogP contribution >= 0.6 is 11.3 Å². The number of hydrogen-bond acceptors (Lipinski definition) is 6. The van der Waals surface area contributed by atoms with Crippen LogP contribution in [0, 0.1) is 0 Å². The zero-order chi connectivity index (χ0) is 18.4. The minimum atomic E-state index is -3.87. The van der Waals surface area contributed by atoms with Gasteiger partial charge in [0.1, 0.15) is 0 Å². The van der Waals surface area contributed by atoms with E-state index in [9.17, 15) is 18.0 Å². The molecule has 0 spiro atoms. The predicted molar refractivity (Wildman–Crippen MR) is 95.4 cm³/mol. The summed E-state index contributed by atoms with van der Waals surface area (Å²) < 4.78 is 27.6. The van der Waals surface area contributed by atoms with E-state index in [1.54, 1.807) is 6.08 Å². The van der Waals surface area contributed by atoms with Gasteiger partial charge in [-0.2, -0.15) is 0 Å². The number of carbonyl (C=O) groups excluding carboxylic acids is 2. The molecule has 132 valence electrons. The van der Waals surface area contributed by atoms with Gasteiger partial charge in [0.25, 0.3) is 5.91 Å². The predicted octanol–water partition coefficient (Wildman–Crippen LogP) is 1.98. The van der Waals surface area contributed by atoms with E-state index in [4.69, 9.17) is 9.88 Å². The second kappa shape index (κ2) is 8.06. The minimum Gasteiger partial charge on any atom is -0.449 e. The van der Waals surface area contributed by atoms with Crippen molar-refractivity contribution < 1.29 is 22.7 Å². The maximum atomic E-state index is 12.1. The number of benzene rings is 1. The highest BCUT2D eigenvalue weighted by atomic mass is 32.2. The Hall–Kier alpha value is -2.49. The Morgan fingerprint density at radius 3 is 2.68 bits per heavy atom. The number of ether oxygens (including phenoxy) is 1. The van der Waals surface area contributed by atoms with Crippen molar-refractivity contribution in [3.8, 4) is 0 Å². The van der Waals surface area contributed by atoms with Crippen LogP contribution in [0.3, 0.4) is 0 Å². The van der Waals surface area contributed by atoms with Gasteiger partial charge in [-0.3, -0.25) is 4.79 Å². The molecule has 0 aliphatic heterocycles. The highest BCUT2D eigenvalue weighted by Crippen LogP contribution is 2.15. The lowest BCUT2D eigenvalue weighted by Crippen LogP contribution is -2.29. The summed E-state index contributed by atoms with van der Waals surface area (Å²) in [6.07, 6.45) is 1.77. The van der Waals surface area contributed by atoms with Crippen molar-refractivity contribution in [1.29, 1.82) is 0 Å². The van der Waals surface area contributed by atoms with Crippen molar-refractivity contribution in [3.63, 3.8) is 0 Å². The first-order chi connectivity index (χ1) is 11.8. The van der Waals surface area contributed by atoms with Gasteiger partial charge in [-0.15, -0.1) is 11.3 Å². The molecule has 2 rings (SSSR count). The SMILES string of the molecule is C[C@@H](OC(=O)/C=C/c1cccs1)C(=O)Nc1cccc(S(N)(=O)=O)c1. The monoisotopic (exact) mass is 380 g/mol. The number of thiophene rings is 1. The maximum Gasteiger partial charge on any atom is 0.331 e. The van der Waals surface area contributed by atoms with E-state index in [0.29, 0.717) is 0 Å². The second-order valence-corrected chi connectivity index (χ2v) is 7.53. The van der Waals surface area contributed by atoms with Crippen molar-refractivity contribution in [1.82, 2.24) is 0 Å². The highest BCUT2D eigenvalue weighted by molar-refractivity contribution is 7.89. The van der Waals surface area contributed by atoms with Crippen LogP contribution in [0.1, 0.15) is 11.8 Å². The number of rotatable bonds is 6. The summed E-state index contributed by atoms with van der Waals surface area (Å²) in [6.45, 7) is 1.41. The molecule has 7 nitrogen and oxygen atoms in total. The van der Waals surface area contributed by atoms with E-state index < -0.39 is 28.0 Å². The molecule has 3 N–H and O–H groups in total. The molecule has 1 amide bonds. The van der Waals surface area contributed by atoms with Crippen LogP contribution in [0.15, 0.2) is 52.7 Å². The van der Waals surface area contributed by atoms with Crippen molar-refractivity contribution in [2.24, 2.45) is 5.14 Å². The van der Waals surface area contributed by atoms with Crippen LogP contribution < -0.4 is 10.5 Å². The Morgan fingerprint density at radius 1 is 1.28 bits per heavy atom. The van der Waals surface area contributed by atoms with Crippen LogP contribution in [0.4, 0.5) is 5.69 Å². The van der Waals surface area contributed by atoms with Gasteiger partial charge in [0.15, 0.2) is 6.10 Å². The molecule has 1 atom stereocenters. The first-order valence-electron chi connectivity index (χ1n) is 7.11. The van der Waals surface area contributed by atoms with Crippen molar-refractivity contribution in [2.45, 2.75) is 17.9 Å². The summed E-state index contributed by atoms with van der Waals surface area (Å²) in [6, 6.07) is 9.15. The molecule has 1 aromatic carbocycles. The van der Waals surface area contributed by atoms with Gasteiger partial charge in [-0.1, -0.05) is 12.1 Å². The Labute approximate surface area is 149 Å². The Kier molecular flexibility index (Phi) is 6.07. The first kappa shape index (κ1) is 18.8.